The summed E-state index contributed by atoms with van der Waals surface area (Å²) in [5.74, 6) is 0.543. The van der Waals surface area contributed by atoms with Gasteiger partial charge in [0, 0.05) is 19.1 Å². The van der Waals surface area contributed by atoms with E-state index in [4.69, 9.17) is 4.74 Å². The minimum absolute atomic E-state index is 0.194. The average Bonchev–Trinajstić information content (AvgIpc) is 2.92. The molecule has 1 heterocycles. The van der Waals surface area contributed by atoms with E-state index in [2.05, 4.69) is 19.2 Å². The van der Waals surface area contributed by atoms with Gasteiger partial charge in [0.2, 0.25) is 0 Å². The SMILES string of the molecule is CC(C)NCC1CCN(C(=O)OCc2ccccc2)C1. The predicted molar refractivity (Wildman–Crippen MR) is 79.4 cm³/mol. The number of carbonyl (C=O) groups is 1. The first-order chi connectivity index (χ1) is 9.65. The van der Waals surface area contributed by atoms with Crippen molar-refractivity contribution in [1.82, 2.24) is 10.2 Å². The first-order valence-electron chi connectivity index (χ1n) is 7.34. The zero-order valence-corrected chi connectivity index (χ0v) is 12.3. The quantitative estimate of drug-likeness (QED) is 0.899. The van der Waals surface area contributed by atoms with Crippen molar-refractivity contribution in [3.05, 3.63) is 35.9 Å². The molecule has 0 bridgehead atoms. The highest BCUT2D eigenvalue weighted by Gasteiger charge is 2.27. The number of nitrogens with zero attached hydrogens (tertiary/aromatic N) is 1. The van der Waals surface area contributed by atoms with Crippen LogP contribution < -0.4 is 5.32 Å². The van der Waals surface area contributed by atoms with Crippen molar-refractivity contribution in [2.45, 2.75) is 32.9 Å². The van der Waals surface area contributed by atoms with E-state index < -0.39 is 0 Å². The van der Waals surface area contributed by atoms with E-state index in [1.165, 1.54) is 0 Å². The summed E-state index contributed by atoms with van der Waals surface area (Å²) in [5, 5.41) is 3.43. The summed E-state index contributed by atoms with van der Waals surface area (Å²) < 4.78 is 5.35. The van der Waals surface area contributed by atoms with Gasteiger partial charge in [0.1, 0.15) is 6.61 Å². The molecular weight excluding hydrogens is 252 g/mol. The molecule has 1 unspecified atom stereocenters. The molecule has 2 rings (SSSR count). The highest BCUT2D eigenvalue weighted by atomic mass is 16.6. The third-order valence-corrected chi connectivity index (χ3v) is 3.56. The Bertz CT molecular complexity index is 420. The summed E-state index contributed by atoms with van der Waals surface area (Å²) in [6.07, 6.45) is 0.862. The van der Waals surface area contributed by atoms with E-state index in [0.717, 1.165) is 31.6 Å². The molecular formula is C16H24N2O2. The lowest BCUT2D eigenvalue weighted by atomic mass is 10.1. The maximum atomic E-state index is 12.0. The summed E-state index contributed by atoms with van der Waals surface area (Å²) in [4.78, 5) is 13.8. The number of hydrogen-bond donors (Lipinski definition) is 1. The Balaban J connectivity index is 1.71. The van der Waals surface area contributed by atoms with Crippen LogP contribution in [0.15, 0.2) is 30.3 Å². The monoisotopic (exact) mass is 276 g/mol. The lowest BCUT2D eigenvalue weighted by Crippen LogP contribution is -2.33. The highest BCUT2D eigenvalue weighted by Crippen LogP contribution is 2.17. The van der Waals surface area contributed by atoms with E-state index in [1.807, 2.05) is 35.2 Å². The van der Waals surface area contributed by atoms with Gasteiger partial charge in [0.25, 0.3) is 0 Å². The van der Waals surface area contributed by atoms with Gasteiger partial charge in [-0.1, -0.05) is 44.2 Å². The van der Waals surface area contributed by atoms with Crippen molar-refractivity contribution in [3.63, 3.8) is 0 Å². The second kappa shape index (κ2) is 7.29. The molecule has 1 aromatic rings. The van der Waals surface area contributed by atoms with Crippen LogP contribution in [0.25, 0.3) is 0 Å². The Morgan fingerprint density at radius 3 is 2.85 bits per heavy atom. The highest BCUT2D eigenvalue weighted by molar-refractivity contribution is 5.68. The first-order valence-corrected chi connectivity index (χ1v) is 7.34. The van der Waals surface area contributed by atoms with E-state index in [-0.39, 0.29) is 6.09 Å². The molecule has 0 saturated carbocycles. The number of benzene rings is 1. The fourth-order valence-electron chi connectivity index (χ4n) is 2.38. The molecule has 0 aliphatic carbocycles. The summed E-state index contributed by atoms with van der Waals surface area (Å²) in [5.41, 5.74) is 1.03. The van der Waals surface area contributed by atoms with E-state index in [9.17, 15) is 4.79 Å². The fraction of sp³-hybridized carbons (Fsp3) is 0.562. The Morgan fingerprint density at radius 1 is 1.40 bits per heavy atom. The minimum atomic E-state index is -0.194. The second-order valence-corrected chi connectivity index (χ2v) is 5.70. The van der Waals surface area contributed by atoms with Gasteiger partial charge in [0.15, 0.2) is 0 Å². The van der Waals surface area contributed by atoms with Crippen LogP contribution in [0.5, 0.6) is 0 Å². The molecule has 4 heteroatoms. The van der Waals surface area contributed by atoms with Crippen LogP contribution in [0.2, 0.25) is 0 Å². The number of nitrogens with one attached hydrogen (secondary N) is 1. The molecule has 0 aromatic heterocycles. The smallest absolute Gasteiger partial charge is 0.410 e. The van der Waals surface area contributed by atoms with Crippen LogP contribution in [0.4, 0.5) is 4.79 Å². The number of likely N-dealkylation sites (tertiary alicyclic amines) is 1. The van der Waals surface area contributed by atoms with E-state index in [1.54, 1.807) is 0 Å². The topological polar surface area (TPSA) is 41.6 Å². The molecule has 1 atom stereocenters. The minimum Gasteiger partial charge on any atom is -0.445 e. The number of hydrogen-bond acceptors (Lipinski definition) is 3. The van der Waals surface area contributed by atoms with Crippen molar-refractivity contribution in [2.24, 2.45) is 5.92 Å². The van der Waals surface area contributed by atoms with E-state index in [0.29, 0.717) is 18.6 Å². The summed E-state index contributed by atoms with van der Waals surface area (Å²) in [6.45, 7) is 7.21. The largest absolute Gasteiger partial charge is 0.445 e. The standard InChI is InChI=1S/C16H24N2O2/c1-13(2)17-10-15-8-9-18(11-15)16(19)20-12-14-6-4-3-5-7-14/h3-7,13,15,17H,8-12H2,1-2H3. The summed E-state index contributed by atoms with van der Waals surface area (Å²) in [6, 6.07) is 10.3. The van der Waals surface area contributed by atoms with Crippen LogP contribution >= 0.6 is 0 Å². The molecule has 1 aliphatic heterocycles. The Hall–Kier alpha value is -1.55. The third-order valence-electron chi connectivity index (χ3n) is 3.56. The average molecular weight is 276 g/mol. The number of rotatable bonds is 5. The van der Waals surface area contributed by atoms with Crippen molar-refractivity contribution in [1.29, 1.82) is 0 Å². The predicted octanol–water partition coefficient (Wildman–Crippen LogP) is 2.64. The van der Waals surface area contributed by atoms with Crippen molar-refractivity contribution >= 4 is 6.09 Å². The lowest BCUT2D eigenvalue weighted by Gasteiger charge is -2.17. The van der Waals surface area contributed by atoms with Gasteiger partial charge in [-0.05, 0) is 24.4 Å². The molecule has 20 heavy (non-hydrogen) atoms. The summed E-state index contributed by atoms with van der Waals surface area (Å²) in [7, 11) is 0. The third kappa shape index (κ3) is 4.53. The maximum Gasteiger partial charge on any atom is 0.410 e. The van der Waals surface area contributed by atoms with Gasteiger partial charge < -0.3 is 15.0 Å². The molecule has 110 valence electrons. The van der Waals surface area contributed by atoms with Gasteiger partial charge in [0.05, 0.1) is 0 Å². The molecule has 1 aliphatic rings. The van der Waals surface area contributed by atoms with Gasteiger partial charge in [-0.3, -0.25) is 0 Å². The normalized spacial score (nSPS) is 18.6. The fourth-order valence-corrected chi connectivity index (χ4v) is 2.38. The van der Waals surface area contributed by atoms with Gasteiger partial charge in [-0.25, -0.2) is 4.79 Å². The molecule has 1 fully saturated rings. The van der Waals surface area contributed by atoms with Crippen LogP contribution in [0, 0.1) is 5.92 Å². The van der Waals surface area contributed by atoms with Crippen LogP contribution in [-0.4, -0.2) is 36.7 Å². The van der Waals surface area contributed by atoms with Crippen molar-refractivity contribution in [3.8, 4) is 0 Å². The van der Waals surface area contributed by atoms with Gasteiger partial charge in [-0.2, -0.15) is 0 Å². The molecule has 1 aromatic carbocycles. The van der Waals surface area contributed by atoms with Crippen molar-refractivity contribution in [2.75, 3.05) is 19.6 Å². The molecule has 1 N–H and O–H groups in total. The zero-order valence-electron chi connectivity index (χ0n) is 12.3. The van der Waals surface area contributed by atoms with Crippen molar-refractivity contribution < 1.29 is 9.53 Å². The zero-order chi connectivity index (χ0) is 14.4. The molecule has 1 amide bonds. The van der Waals surface area contributed by atoms with Crippen LogP contribution in [0.3, 0.4) is 0 Å². The Labute approximate surface area is 121 Å². The second-order valence-electron chi connectivity index (χ2n) is 5.70. The van der Waals surface area contributed by atoms with Crippen LogP contribution in [0.1, 0.15) is 25.8 Å². The Morgan fingerprint density at radius 2 is 2.15 bits per heavy atom. The molecule has 0 radical (unpaired) electrons. The van der Waals surface area contributed by atoms with Crippen LogP contribution in [-0.2, 0) is 11.3 Å². The number of carbonyl (C=O) groups excluding carboxylic acids is 1. The molecule has 0 spiro atoms. The lowest BCUT2D eigenvalue weighted by molar-refractivity contribution is 0.103. The van der Waals surface area contributed by atoms with E-state index >= 15 is 0 Å². The maximum absolute atomic E-state index is 12.0. The summed E-state index contributed by atoms with van der Waals surface area (Å²) >= 11 is 0. The number of amides is 1. The first kappa shape index (κ1) is 14.9. The molecule has 4 nitrogen and oxygen atoms in total. The molecule has 1 saturated heterocycles. The Kier molecular flexibility index (Phi) is 5.41. The number of ether oxygens (including phenoxy) is 1. The van der Waals surface area contributed by atoms with Gasteiger partial charge in [-0.15, -0.1) is 0 Å². The van der Waals surface area contributed by atoms with Gasteiger partial charge >= 0.3 is 6.09 Å².